The summed E-state index contributed by atoms with van der Waals surface area (Å²) in [6.07, 6.45) is 9.40. The number of hydrogen-bond acceptors (Lipinski definition) is 2. The third-order valence-electron chi connectivity index (χ3n) is 4.20. The Labute approximate surface area is 91.3 Å². The lowest BCUT2D eigenvalue weighted by atomic mass is 9.83. The van der Waals surface area contributed by atoms with E-state index in [0.717, 1.165) is 31.7 Å². The molecule has 1 aliphatic carbocycles. The fourth-order valence-corrected chi connectivity index (χ4v) is 3.45. The summed E-state index contributed by atoms with van der Waals surface area (Å²) < 4.78 is 0. The van der Waals surface area contributed by atoms with Gasteiger partial charge in [-0.25, -0.2) is 0 Å². The molecule has 1 saturated heterocycles. The van der Waals surface area contributed by atoms with Crippen LogP contribution in [-0.4, -0.2) is 23.3 Å². The predicted molar refractivity (Wildman–Crippen MR) is 59.5 cm³/mol. The first-order valence-corrected chi connectivity index (χ1v) is 6.38. The Hall–Kier alpha value is -0.790. The highest BCUT2D eigenvalue weighted by Gasteiger charge is 2.33. The Morgan fingerprint density at radius 3 is 2.87 bits per heavy atom. The molecule has 0 aromatic rings. The largest absolute Gasteiger partial charge is 0.372 e. The van der Waals surface area contributed by atoms with Crippen LogP contribution in [0.15, 0.2) is 11.3 Å². The second kappa shape index (κ2) is 3.66. The van der Waals surface area contributed by atoms with Crippen molar-refractivity contribution in [1.29, 1.82) is 0 Å². The summed E-state index contributed by atoms with van der Waals surface area (Å²) in [7, 11) is 0. The van der Waals surface area contributed by atoms with Gasteiger partial charge in [-0.1, -0.05) is 0 Å². The Morgan fingerprint density at radius 1 is 1.00 bits per heavy atom. The normalized spacial score (nSPS) is 31.3. The molecule has 2 heteroatoms. The van der Waals surface area contributed by atoms with Crippen LogP contribution in [-0.2, 0) is 4.79 Å². The van der Waals surface area contributed by atoms with Gasteiger partial charge in [-0.2, -0.15) is 0 Å². The van der Waals surface area contributed by atoms with Gasteiger partial charge in [-0.15, -0.1) is 0 Å². The maximum Gasteiger partial charge on any atom is 0.160 e. The lowest BCUT2D eigenvalue weighted by Crippen LogP contribution is -2.43. The van der Waals surface area contributed by atoms with Crippen molar-refractivity contribution < 1.29 is 4.79 Å². The lowest BCUT2D eigenvalue weighted by Gasteiger charge is -2.44. The molecule has 3 aliphatic rings. The van der Waals surface area contributed by atoms with Gasteiger partial charge in [0, 0.05) is 30.3 Å². The molecule has 0 saturated carbocycles. The van der Waals surface area contributed by atoms with Gasteiger partial charge < -0.3 is 4.90 Å². The highest BCUT2D eigenvalue weighted by Crippen LogP contribution is 2.38. The summed E-state index contributed by atoms with van der Waals surface area (Å²) in [5.74, 6) is 0.445. The molecule has 1 atom stereocenters. The number of hydrogen-bond donors (Lipinski definition) is 0. The number of ketones is 1. The van der Waals surface area contributed by atoms with Crippen LogP contribution in [0.3, 0.4) is 0 Å². The van der Waals surface area contributed by atoms with Crippen LogP contribution < -0.4 is 0 Å². The third-order valence-corrected chi connectivity index (χ3v) is 4.20. The molecule has 2 aliphatic heterocycles. The molecular weight excluding hydrogens is 186 g/mol. The van der Waals surface area contributed by atoms with Crippen LogP contribution in [0.4, 0.5) is 0 Å². The number of piperidine rings is 1. The van der Waals surface area contributed by atoms with E-state index in [2.05, 4.69) is 4.90 Å². The van der Waals surface area contributed by atoms with Crippen LogP contribution in [0, 0.1) is 0 Å². The van der Waals surface area contributed by atoms with Crippen LogP contribution in [0.2, 0.25) is 0 Å². The molecule has 0 radical (unpaired) electrons. The molecule has 0 amide bonds. The maximum absolute atomic E-state index is 11.8. The van der Waals surface area contributed by atoms with E-state index in [9.17, 15) is 4.79 Å². The van der Waals surface area contributed by atoms with Crippen LogP contribution in [0.25, 0.3) is 0 Å². The monoisotopic (exact) mass is 205 g/mol. The van der Waals surface area contributed by atoms with Crippen molar-refractivity contribution in [2.45, 2.75) is 57.4 Å². The summed E-state index contributed by atoms with van der Waals surface area (Å²) in [5.41, 5.74) is 2.63. The Balaban J connectivity index is 1.93. The van der Waals surface area contributed by atoms with E-state index < -0.39 is 0 Å². The summed E-state index contributed by atoms with van der Waals surface area (Å²) in [6, 6.07) is 0.767. The molecule has 0 bridgehead atoms. The highest BCUT2D eigenvalue weighted by atomic mass is 16.1. The van der Waals surface area contributed by atoms with E-state index in [0.29, 0.717) is 5.78 Å². The summed E-state index contributed by atoms with van der Waals surface area (Å²) in [5, 5.41) is 0. The van der Waals surface area contributed by atoms with Crippen molar-refractivity contribution in [3.05, 3.63) is 11.3 Å². The van der Waals surface area contributed by atoms with E-state index in [1.54, 1.807) is 0 Å². The molecule has 0 aromatic heterocycles. The smallest absolute Gasteiger partial charge is 0.160 e. The molecule has 15 heavy (non-hydrogen) atoms. The van der Waals surface area contributed by atoms with Crippen molar-refractivity contribution in [1.82, 2.24) is 4.90 Å². The van der Waals surface area contributed by atoms with Crippen molar-refractivity contribution in [3.63, 3.8) is 0 Å². The highest BCUT2D eigenvalue weighted by molar-refractivity contribution is 5.96. The topological polar surface area (TPSA) is 20.3 Å². The summed E-state index contributed by atoms with van der Waals surface area (Å²) in [6.45, 7) is 1.21. The molecule has 2 heterocycles. The average molecular weight is 205 g/mol. The number of carbonyl (C=O) groups is 1. The molecule has 0 spiro atoms. The first kappa shape index (κ1) is 9.44. The number of Topliss-reactive ketones (excluding diaryl/α,β-unsaturated/α-hetero) is 1. The number of fused-ring (bicyclic) bond motifs is 2. The zero-order valence-electron chi connectivity index (χ0n) is 9.30. The minimum atomic E-state index is 0.445. The van der Waals surface area contributed by atoms with Gasteiger partial charge in [-0.05, 0) is 44.9 Å². The Bertz CT molecular complexity index is 318. The second-order valence-electron chi connectivity index (χ2n) is 5.08. The fraction of sp³-hybridized carbons (Fsp3) is 0.769. The molecule has 0 N–H and O–H groups in total. The van der Waals surface area contributed by atoms with Gasteiger partial charge in [0.2, 0.25) is 0 Å². The number of allylic oxidation sites excluding steroid dienone is 2. The molecule has 82 valence electrons. The molecular formula is C13H19NO. The SMILES string of the molecule is O=C1CCCC2=C1CCC1CCCCN21. The van der Waals surface area contributed by atoms with E-state index in [1.807, 2.05) is 0 Å². The quantitative estimate of drug-likeness (QED) is 0.606. The molecule has 1 fully saturated rings. The number of nitrogens with zero attached hydrogens (tertiary/aromatic N) is 1. The van der Waals surface area contributed by atoms with Crippen LogP contribution in [0.5, 0.6) is 0 Å². The Kier molecular flexibility index (Phi) is 2.30. The first-order valence-electron chi connectivity index (χ1n) is 6.38. The minimum Gasteiger partial charge on any atom is -0.372 e. The average Bonchev–Trinajstić information content (AvgIpc) is 2.29. The fourth-order valence-electron chi connectivity index (χ4n) is 3.45. The summed E-state index contributed by atoms with van der Waals surface area (Å²) >= 11 is 0. The van der Waals surface area contributed by atoms with Gasteiger partial charge in [0.05, 0.1) is 0 Å². The van der Waals surface area contributed by atoms with E-state index in [-0.39, 0.29) is 0 Å². The molecule has 1 unspecified atom stereocenters. The number of rotatable bonds is 0. The third kappa shape index (κ3) is 1.51. The number of carbonyl (C=O) groups excluding carboxylic acids is 1. The van der Waals surface area contributed by atoms with Gasteiger partial charge in [-0.3, -0.25) is 4.79 Å². The molecule has 3 rings (SSSR count). The van der Waals surface area contributed by atoms with Crippen molar-refractivity contribution in [3.8, 4) is 0 Å². The maximum atomic E-state index is 11.8. The van der Waals surface area contributed by atoms with E-state index in [1.165, 1.54) is 43.5 Å². The Morgan fingerprint density at radius 2 is 1.93 bits per heavy atom. The second-order valence-corrected chi connectivity index (χ2v) is 5.08. The first-order chi connectivity index (χ1) is 7.36. The van der Waals surface area contributed by atoms with Crippen LogP contribution >= 0.6 is 0 Å². The van der Waals surface area contributed by atoms with Gasteiger partial charge in [0.1, 0.15) is 0 Å². The molecule has 2 nitrogen and oxygen atoms in total. The van der Waals surface area contributed by atoms with Crippen molar-refractivity contribution in [2.75, 3.05) is 6.54 Å². The molecule has 0 aromatic carbocycles. The van der Waals surface area contributed by atoms with Gasteiger partial charge in [0.15, 0.2) is 5.78 Å². The summed E-state index contributed by atoms with van der Waals surface area (Å²) in [4.78, 5) is 14.4. The minimum absolute atomic E-state index is 0.445. The van der Waals surface area contributed by atoms with Crippen LogP contribution in [0.1, 0.15) is 51.4 Å². The van der Waals surface area contributed by atoms with E-state index >= 15 is 0 Å². The van der Waals surface area contributed by atoms with Gasteiger partial charge in [0.25, 0.3) is 0 Å². The van der Waals surface area contributed by atoms with Crippen molar-refractivity contribution in [2.24, 2.45) is 0 Å². The standard InChI is InChI=1S/C13H19NO/c15-13-6-3-5-12-11(13)8-7-10-4-1-2-9-14(10)12/h10H,1-9H2. The zero-order chi connectivity index (χ0) is 10.3. The van der Waals surface area contributed by atoms with Gasteiger partial charge >= 0.3 is 0 Å². The van der Waals surface area contributed by atoms with Crippen molar-refractivity contribution >= 4 is 5.78 Å². The predicted octanol–water partition coefficient (Wildman–Crippen LogP) is 2.64. The van der Waals surface area contributed by atoms with E-state index in [4.69, 9.17) is 0 Å². The lowest BCUT2D eigenvalue weighted by molar-refractivity contribution is -0.116. The zero-order valence-corrected chi connectivity index (χ0v) is 9.30.